The van der Waals surface area contributed by atoms with E-state index in [1.807, 2.05) is 25.2 Å². The van der Waals surface area contributed by atoms with E-state index >= 15 is 0 Å². The Morgan fingerprint density at radius 2 is 2.07 bits per heavy atom. The maximum Gasteiger partial charge on any atom is 0.293 e. The molecule has 0 rings (SSSR count). The van der Waals surface area contributed by atoms with Crippen LogP contribution in [0.25, 0.3) is 0 Å². The Labute approximate surface area is 92.3 Å². The van der Waals surface area contributed by atoms with Gasteiger partial charge in [0.05, 0.1) is 6.10 Å². The predicted molar refractivity (Wildman–Crippen MR) is 63.6 cm³/mol. The Kier molecular flexibility index (Phi) is 9.83. The van der Waals surface area contributed by atoms with Crippen molar-refractivity contribution in [1.29, 1.82) is 0 Å². The fraction of sp³-hybridized carbons (Fsp3) is 0.462. The maximum atomic E-state index is 10.0. The zero-order valence-electron chi connectivity index (χ0n) is 9.39. The smallest absolute Gasteiger partial charge is 0.293 e. The van der Waals surface area contributed by atoms with Crippen molar-refractivity contribution in [2.45, 2.75) is 38.7 Å². The summed E-state index contributed by atoms with van der Waals surface area (Å²) < 4.78 is 4.78. The van der Waals surface area contributed by atoms with Crippen molar-refractivity contribution in [3.8, 4) is 0 Å². The van der Waals surface area contributed by atoms with E-state index in [2.05, 4.69) is 12.7 Å². The summed E-state index contributed by atoms with van der Waals surface area (Å²) in [6.07, 6.45) is 14.0. The first kappa shape index (κ1) is 13.7. The molecular weight excluding hydrogens is 188 g/mol. The normalized spacial score (nSPS) is 13.1. The molecule has 0 aromatic rings. The summed E-state index contributed by atoms with van der Waals surface area (Å²) in [6.45, 7) is 6.01. The van der Waals surface area contributed by atoms with Gasteiger partial charge in [0.25, 0.3) is 6.47 Å². The van der Waals surface area contributed by atoms with E-state index in [9.17, 15) is 4.79 Å². The first-order valence-electron chi connectivity index (χ1n) is 5.34. The molecule has 0 radical (unpaired) electrons. The van der Waals surface area contributed by atoms with E-state index in [4.69, 9.17) is 4.74 Å². The third-order valence-corrected chi connectivity index (χ3v) is 2.01. The van der Waals surface area contributed by atoms with E-state index in [-0.39, 0.29) is 6.10 Å². The largest absolute Gasteiger partial charge is 0.465 e. The molecule has 0 heterocycles. The van der Waals surface area contributed by atoms with Gasteiger partial charge in [-0.2, -0.15) is 0 Å². The number of carbonyl (C=O) groups is 1. The summed E-state index contributed by atoms with van der Waals surface area (Å²) in [5.74, 6) is 0. The molecule has 0 aliphatic rings. The molecule has 0 fully saturated rings. The van der Waals surface area contributed by atoms with Gasteiger partial charge in [-0.05, 0) is 32.6 Å². The fourth-order valence-electron chi connectivity index (χ4n) is 1.17. The first-order valence-corrected chi connectivity index (χ1v) is 5.34. The van der Waals surface area contributed by atoms with Crippen LogP contribution in [0.4, 0.5) is 0 Å². The zero-order chi connectivity index (χ0) is 11.4. The molecule has 15 heavy (non-hydrogen) atoms. The number of hydrogen-bond acceptors (Lipinski definition) is 2. The topological polar surface area (TPSA) is 26.3 Å². The minimum absolute atomic E-state index is 0.0483. The zero-order valence-corrected chi connectivity index (χ0v) is 9.39. The third kappa shape index (κ3) is 10.6. The molecule has 1 unspecified atom stereocenters. The number of rotatable bonds is 9. The Morgan fingerprint density at radius 3 is 2.73 bits per heavy atom. The SMILES string of the molecule is C=CC=CC=CCCCCC(C)OC=O. The van der Waals surface area contributed by atoms with Crippen molar-refractivity contribution in [2.24, 2.45) is 0 Å². The van der Waals surface area contributed by atoms with Crippen LogP contribution in [0.15, 0.2) is 37.0 Å². The van der Waals surface area contributed by atoms with Gasteiger partial charge < -0.3 is 4.74 Å². The van der Waals surface area contributed by atoms with Gasteiger partial charge in [0.15, 0.2) is 0 Å². The maximum absolute atomic E-state index is 10.0. The number of carbonyl (C=O) groups excluding carboxylic acids is 1. The van der Waals surface area contributed by atoms with E-state index in [1.165, 1.54) is 0 Å². The minimum Gasteiger partial charge on any atom is -0.465 e. The van der Waals surface area contributed by atoms with E-state index in [0.717, 1.165) is 25.7 Å². The van der Waals surface area contributed by atoms with Crippen molar-refractivity contribution in [3.63, 3.8) is 0 Å². The molecule has 1 atom stereocenters. The van der Waals surface area contributed by atoms with Gasteiger partial charge in [-0.25, -0.2) is 0 Å². The summed E-state index contributed by atoms with van der Waals surface area (Å²) in [6, 6.07) is 0. The van der Waals surface area contributed by atoms with Gasteiger partial charge in [-0.1, -0.05) is 37.0 Å². The van der Waals surface area contributed by atoms with Crippen LogP contribution in [-0.2, 0) is 9.53 Å². The molecule has 0 aliphatic heterocycles. The average Bonchev–Trinajstić information content (AvgIpc) is 2.22. The molecule has 0 bridgehead atoms. The van der Waals surface area contributed by atoms with Gasteiger partial charge in [-0.15, -0.1) is 0 Å². The highest BCUT2D eigenvalue weighted by Crippen LogP contribution is 2.06. The Bertz CT molecular complexity index is 217. The molecule has 0 saturated heterocycles. The Hall–Kier alpha value is -1.31. The third-order valence-electron chi connectivity index (χ3n) is 2.01. The summed E-state index contributed by atoms with van der Waals surface area (Å²) in [4.78, 5) is 10.0. The molecule has 0 aromatic heterocycles. The molecular formula is C13H20O2. The fourth-order valence-corrected chi connectivity index (χ4v) is 1.17. The monoisotopic (exact) mass is 208 g/mol. The van der Waals surface area contributed by atoms with Crippen LogP contribution in [-0.4, -0.2) is 12.6 Å². The molecule has 2 heteroatoms. The van der Waals surface area contributed by atoms with Gasteiger partial charge in [0.2, 0.25) is 0 Å². The van der Waals surface area contributed by atoms with Crippen LogP contribution in [0.5, 0.6) is 0 Å². The lowest BCUT2D eigenvalue weighted by Crippen LogP contribution is -2.05. The second-order valence-electron chi connectivity index (χ2n) is 3.38. The highest BCUT2D eigenvalue weighted by molar-refractivity contribution is 5.37. The van der Waals surface area contributed by atoms with E-state index in [1.54, 1.807) is 6.08 Å². The van der Waals surface area contributed by atoms with Crippen LogP contribution < -0.4 is 0 Å². The molecule has 0 saturated carbocycles. The number of hydrogen-bond donors (Lipinski definition) is 0. The number of allylic oxidation sites excluding steroid dienone is 5. The van der Waals surface area contributed by atoms with E-state index < -0.39 is 0 Å². The molecule has 0 spiro atoms. The number of unbranched alkanes of at least 4 members (excludes halogenated alkanes) is 2. The lowest BCUT2D eigenvalue weighted by atomic mass is 10.1. The molecule has 0 aromatic carbocycles. The quantitative estimate of drug-likeness (QED) is 0.330. The Balaban J connectivity index is 3.31. The van der Waals surface area contributed by atoms with Crippen molar-refractivity contribution >= 4 is 6.47 Å². The van der Waals surface area contributed by atoms with Crippen molar-refractivity contribution in [3.05, 3.63) is 37.0 Å². The lowest BCUT2D eigenvalue weighted by molar-refractivity contribution is -0.133. The van der Waals surface area contributed by atoms with Crippen LogP contribution in [0.2, 0.25) is 0 Å². The minimum atomic E-state index is 0.0483. The van der Waals surface area contributed by atoms with Crippen LogP contribution >= 0.6 is 0 Å². The lowest BCUT2D eigenvalue weighted by Gasteiger charge is -2.07. The van der Waals surface area contributed by atoms with E-state index in [0.29, 0.717) is 6.47 Å². The molecule has 0 aliphatic carbocycles. The van der Waals surface area contributed by atoms with Gasteiger partial charge in [0, 0.05) is 0 Å². The molecule has 2 nitrogen and oxygen atoms in total. The van der Waals surface area contributed by atoms with Gasteiger partial charge in [0.1, 0.15) is 0 Å². The summed E-state index contributed by atoms with van der Waals surface area (Å²) in [7, 11) is 0. The second-order valence-corrected chi connectivity index (χ2v) is 3.38. The standard InChI is InChI=1S/C13H20O2/c1-3-4-5-6-7-8-9-10-11-13(2)15-12-14/h3-7,12-13H,1,8-11H2,2H3. The highest BCUT2D eigenvalue weighted by Gasteiger charge is 1.99. The Morgan fingerprint density at radius 1 is 1.27 bits per heavy atom. The van der Waals surface area contributed by atoms with Crippen molar-refractivity contribution in [2.75, 3.05) is 0 Å². The average molecular weight is 208 g/mol. The summed E-state index contributed by atoms with van der Waals surface area (Å²) >= 11 is 0. The highest BCUT2D eigenvalue weighted by atomic mass is 16.5. The van der Waals surface area contributed by atoms with Gasteiger partial charge in [-0.3, -0.25) is 4.79 Å². The summed E-state index contributed by atoms with van der Waals surface area (Å²) in [5, 5.41) is 0. The van der Waals surface area contributed by atoms with Crippen LogP contribution in [0.3, 0.4) is 0 Å². The van der Waals surface area contributed by atoms with Gasteiger partial charge >= 0.3 is 0 Å². The second kappa shape index (κ2) is 10.8. The van der Waals surface area contributed by atoms with Crippen molar-refractivity contribution < 1.29 is 9.53 Å². The summed E-state index contributed by atoms with van der Waals surface area (Å²) in [5.41, 5.74) is 0. The predicted octanol–water partition coefficient (Wildman–Crippen LogP) is 3.41. The molecule has 0 amide bonds. The number of ether oxygens (including phenoxy) is 1. The van der Waals surface area contributed by atoms with Crippen LogP contribution in [0.1, 0.15) is 32.6 Å². The molecule has 0 N–H and O–H groups in total. The first-order chi connectivity index (χ1) is 7.31. The van der Waals surface area contributed by atoms with Crippen molar-refractivity contribution in [1.82, 2.24) is 0 Å². The molecule has 84 valence electrons. The van der Waals surface area contributed by atoms with Crippen LogP contribution in [0, 0.1) is 0 Å².